The fraction of sp³-hybridized carbons (Fsp3) is 0. The summed E-state index contributed by atoms with van der Waals surface area (Å²) in [5, 5.41) is 5.87. The maximum atomic E-state index is 8.78. The second kappa shape index (κ2) is 10.7. The molecule has 0 aliphatic carbocycles. The van der Waals surface area contributed by atoms with Gasteiger partial charge < -0.3 is 13.4 Å². The summed E-state index contributed by atoms with van der Waals surface area (Å²) in [6.45, 7) is 0. The Morgan fingerprint density at radius 1 is 0.451 bits per heavy atom. The van der Waals surface area contributed by atoms with Gasteiger partial charge in [0.2, 0.25) is 0 Å². The van der Waals surface area contributed by atoms with Crippen molar-refractivity contribution < 1.29 is 15.7 Å². The van der Waals surface area contributed by atoms with Gasteiger partial charge in [-0.15, -0.1) is 0 Å². The van der Waals surface area contributed by atoms with E-state index in [9.17, 15) is 0 Å². The molecule has 11 rings (SSSR count). The third kappa shape index (κ3) is 4.26. The Morgan fingerprint density at radius 3 is 1.84 bits per heavy atom. The average Bonchev–Trinajstić information content (AvgIpc) is 3.91. The van der Waals surface area contributed by atoms with Crippen LogP contribution in [0.25, 0.3) is 106 Å². The number of benzene rings is 7. The monoisotopic (exact) mass is 659 g/mol. The first-order valence-electron chi connectivity index (χ1n) is 19.0. The number of para-hydroxylation sites is 4. The SMILES string of the molecule is [2H]c1c([2H])c([2H])c(-c2nc(-c3ccc4oc5ccc(-n6c7ccccc7c7ccccc76)cc5c4c3)nc(-c3cccc4c3oc3ccccc34)n2)c([2H])c1[2H]. The molecule has 6 heteroatoms. The van der Waals surface area contributed by atoms with Gasteiger partial charge in [-0.25, -0.2) is 15.0 Å². The number of nitrogens with zero attached hydrogens (tertiary/aromatic N) is 4. The molecular weight excluding hydrogens is 629 g/mol. The Labute approximate surface area is 297 Å². The van der Waals surface area contributed by atoms with Crippen LogP contribution in [0.3, 0.4) is 0 Å². The molecule has 0 amide bonds. The van der Waals surface area contributed by atoms with Gasteiger partial charge in [-0.1, -0.05) is 96.9 Å². The van der Waals surface area contributed by atoms with Crippen LogP contribution in [-0.2, 0) is 0 Å². The molecule has 0 aliphatic heterocycles. The fourth-order valence-electron chi connectivity index (χ4n) is 7.27. The average molecular weight is 660 g/mol. The highest BCUT2D eigenvalue weighted by atomic mass is 16.3. The van der Waals surface area contributed by atoms with Crippen LogP contribution >= 0.6 is 0 Å². The molecule has 4 heterocycles. The lowest BCUT2D eigenvalue weighted by Gasteiger charge is -2.09. The standard InChI is InChI=1S/C45H26N4O2/c1-2-11-27(12-3-1)43-46-44(48-45(47-43)34-17-10-16-33-32-15-6-9-20-39(32)51-42(33)34)28-21-23-40-35(25-28)36-26-29(22-24-41(36)50-40)49-37-18-7-4-13-30(37)31-14-5-8-19-38(31)49/h1-26H/i1D,2D,3D,11D,12D. The fourth-order valence-corrected chi connectivity index (χ4v) is 7.27. The van der Waals surface area contributed by atoms with Gasteiger partial charge in [0.05, 0.1) is 23.5 Å². The molecule has 11 aromatic rings. The smallest absolute Gasteiger partial charge is 0.167 e. The summed E-state index contributed by atoms with van der Waals surface area (Å²) in [6, 6.07) is 39.8. The molecular formula is C45H26N4O2. The molecule has 0 spiro atoms. The summed E-state index contributed by atoms with van der Waals surface area (Å²) in [7, 11) is 0. The topological polar surface area (TPSA) is 69.9 Å². The lowest BCUT2D eigenvalue weighted by molar-refractivity contribution is 0.669. The highest BCUT2D eigenvalue weighted by molar-refractivity contribution is 6.11. The normalized spacial score (nSPS) is 13.3. The quantitative estimate of drug-likeness (QED) is 0.188. The molecule has 4 aromatic heterocycles. The summed E-state index contributed by atoms with van der Waals surface area (Å²) >= 11 is 0. The molecule has 0 unspecified atom stereocenters. The number of rotatable bonds is 4. The third-order valence-corrected chi connectivity index (χ3v) is 9.55. The van der Waals surface area contributed by atoms with E-state index in [1.807, 2.05) is 78.9 Å². The van der Waals surface area contributed by atoms with Gasteiger partial charge in [0.1, 0.15) is 22.3 Å². The van der Waals surface area contributed by atoms with Gasteiger partial charge in [0, 0.05) is 49.1 Å². The number of hydrogen-bond donors (Lipinski definition) is 0. The first kappa shape index (κ1) is 23.3. The minimum absolute atomic E-state index is 0.0547. The van der Waals surface area contributed by atoms with Gasteiger partial charge in [-0.3, -0.25) is 0 Å². The van der Waals surface area contributed by atoms with Crippen LogP contribution in [-0.4, -0.2) is 19.5 Å². The van der Waals surface area contributed by atoms with E-state index in [1.54, 1.807) is 0 Å². The molecule has 0 N–H and O–H groups in total. The Kier molecular flexibility index (Phi) is 4.91. The molecule has 0 saturated heterocycles. The molecule has 0 atom stereocenters. The number of furan rings is 2. The molecule has 0 saturated carbocycles. The third-order valence-electron chi connectivity index (χ3n) is 9.55. The zero-order valence-electron chi connectivity index (χ0n) is 31.7. The zero-order chi connectivity index (χ0) is 37.8. The van der Waals surface area contributed by atoms with Crippen molar-refractivity contribution in [2.75, 3.05) is 0 Å². The van der Waals surface area contributed by atoms with Crippen molar-refractivity contribution in [3.8, 4) is 39.9 Å². The Balaban J connectivity index is 1.15. The molecule has 0 fully saturated rings. The molecule has 51 heavy (non-hydrogen) atoms. The summed E-state index contributed by atoms with van der Waals surface area (Å²) in [5.74, 6) is 0.424. The second-order valence-corrected chi connectivity index (χ2v) is 12.4. The van der Waals surface area contributed by atoms with Crippen molar-refractivity contribution in [1.29, 1.82) is 0 Å². The van der Waals surface area contributed by atoms with E-state index in [1.165, 1.54) is 10.8 Å². The van der Waals surface area contributed by atoms with Gasteiger partial charge >= 0.3 is 0 Å². The van der Waals surface area contributed by atoms with Crippen LogP contribution in [0.1, 0.15) is 6.85 Å². The summed E-state index contributed by atoms with van der Waals surface area (Å²) in [5.41, 5.74) is 6.90. The predicted molar refractivity (Wildman–Crippen MR) is 205 cm³/mol. The van der Waals surface area contributed by atoms with Crippen LogP contribution in [0.5, 0.6) is 0 Å². The Bertz CT molecular complexity index is 3380. The lowest BCUT2D eigenvalue weighted by atomic mass is 10.1. The lowest BCUT2D eigenvalue weighted by Crippen LogP contribution is -2.00. The summed E-state index contributed by atoms with van der Waals surface area (Å²) in [4.78, 5) is 14.5. The van der Waals surface area contributed by atoms with Crippen LogP contribution in [0.4, 0.5) is 0 Å². The van der Waals surface area contributed by atoms with Crippen molar-refractivity contribution >= 4 is 65.7 Å². The first-order valence-corrected chi connectivity index (χ1v) is 16.5. The number of hydrogen-bond acceptors (Lipinski definition) is 5. The van der Waals surface area contributed by atoms with Gasteiger partial charge in [0.15, 0.2) is 17.5 Å². The predicted octanol–water partition coefficient (Wildman–Crippen LogP) is 11.8. The molecule has 0 bridgehead atoms. The number of aromatic nitrogens is 4. The van der Waals surface area contributed by atoms with Crippen LogP contribution in [0.15, 0.2) is 166 Å². The van der Waals surface area contributed by atoms with E-state index in [4.69, 9.17) is 30.6 Å². The number of fused-ring (bicyclic) bond motifs is 9. The van der Waals surface area contributed by atoms with Crippen LogP contribution in [0.2, 0.25) is 0 Å². The maximum absolute atomic E-state index is 8.78. The van der Waals surface area contributed by atoms with Crippen molar-refractivity contribution in [3.63, 3.8) is 0 Å². The molecule has 7 aromatic carbocycles. The molecule has 6 nitrogen and oxygen atoms in total. The van der Waals surface area contributed by atoms with E-state index in [0.717, 1.165) is 43.8 Å². The minimum atomic E-state index is -0.497. The largest absolute Gasteiger partial charge is 0.456 e. The van der Waals surface area contributed by atoms with Gasteiger partial charge in [-0.05, 0) is 60.7 Å². The Morgan fingerprint density at radius 2 is 1.06 bits per heavy atom. The molecule has 238 valence electrons. The van der Waals surface area contributed by atoms with E-state index >= 15 is 0 Å². The molecule has 0 radical (unpaired) electrons. The second-order valence-electron chi connectivity index (χ2n) is 12.4. The summed E-state index contributed by atoms with van der Waals surface area (Å²) < 4.78 is 57.5. The maximum Gasteiger partial charge on any atom is 0.167 e. The first-order chi connectivity index (χ1) is 27.3. The van der Waals surface area contributed by atoms with E-state index in [-0.39, 0.29) is 23.0 Å². The van der Waals surface area contributed by atoms with Gasteiger partial charge in [-0.2, -0.15) is 0 Å². The van der Waals surface area contributed by atoms with E-state index in [2.05, 4.69) is 53.1 Å². The van der Waals surface area contributed by atoms with Crippen molar-refractivity contribution in [1.82, 2.24) is 19.5 Å². The van der Waals surface area contributed by atoms with Crippen molar-refractivity contribution in [2.45, 2.75) is 0 Å². The minimum Gasteiger partial charge on any atom is -0.456 e. The molecule has 0 aliphatic rings. The van der Waals surface area contributed by atoms with Crippen LogP contribution < -0.4 is 0 Å². The van der Waals surface area contributed by atoms with E-state index < -0.39 is 30.2 Å². The van der Waals surface area contributed by atoms with Crippen molar-refractivity contribution in [2.24, 2.45) is 0 Å². The van der Waals surface area contributed by atoms with Crippen LogP contribution in [0, 0.1) is 0 Å². The summed E-state index contributed by atoms with van der Waals surface area (Å²) in [6.07, 6.45) is 0. The Hall–Kier alpha value is -7.05. The van der Waals surface area contributed by atoms with Gasteiger partial charge in [0.25, 0.3) is 0 Å². The zero-order valence-corrected chi connectivity index (χ0v) is 26.7. The highest BCUT2D eigenvalue weighted by Gasteiger charge is 2.19. The van der Waals surface area contributed by atoms with E-state index in [0.29, 0.717) is 27.9 Å². The highest BCUT2D eigenvalue weighted by Crippen LogP contribution is 2.38. The van der Waals surface area contributed by atoms with Crippen molar-refractivity contribution in [3.05, 3.63) is 158 Å².